The van der Waals surface area contributed by atoms with Crippen LogP contribution in [-0.2, 0) is 14.2 Å². The number of hydrogen-bond acceptors (Lipinski definition) is 8. The molecule has 1 rings (SSSR count). The fourth-order valence-corrected chi connectivity index (χ4v) is 3.72. The molecule has 0 aromatic rings. The molecule has 38 heavy (non-hydrogen) atoms. The second-order valence-electron chi connectivity index (χ2n) is 12.5. The van der Waals surface area contributed by atoms with Crippen molar-refractivity contribution in [3.8, 4) is 0 Å². The first-order valence-corrected chi connectivity index (χ1v) is 14.3. The summed E-state index contributed by atoms with van der Waals surface area (Å²) in [5.74, 6) is 0. The van der Waals surface area contributed by atoms with Crippen molar-refractivity contribution in [1.82, 2.24) is 19.6 Å². The Labute approximate surface area is 236 Å². The number of rotatable bonds is 3. The molecule has 12 heteroatoms. The highest BCUT2D eigenvalue weighted by Crippen LogP contribution is 2.15. The van der Waals surface area contributed by atoms with Crippen LogP contribution in [0.1, 0.15) is 62.3 Å². The Kier molecular flexibility index (Phi) is 13.1. The molecule has 0 aliphatic carbocycles. The van der Waals surface area contributed by atoms with Crippen molar-refractivity contribution in [2.45, 2.75) is 85.2 Å². The second-order valence-corrected chi connectivity index (χ2v) is 13.2. The molecular formula is C26H49BrN4O7. The van der Waals surface area contributed by atoms with Crippen LogP contribution in [0, 0.1) is 0 Å². The Morgan fingerprint density at radius 1 is 0.632 bits per heavy atom. The van der Waals surface area contributed by atoms with Crippen LogP contribution in [0.3, 0.4) is 0 Å². The lowest BCUT2D eigenvalue weighted by Crippen LogP contribution is -2.52. The first-order chi connectivity index (χ1) is 17.3. The van der Waals surface area contributed by atoms with E-state index in [4.69, 9.17) is 14.2 Å². The average molecular weight is 610 g/mol. The minimum absolute atomic E-state index is 0.195. The maximum atomic E-state index is 13.0. The molecule has 1 saturated heterocycles. The van der Waals surface area contributed by atoms with Gasteiger partial charge in [0, 0.05) is 64.2 Å². The normalized spacial score (nSPS) is 18.2. The van der Waals surface area contributed by atoms with E-state index in [9.17, 15) is 19.5 Å². The Balaban J connectivity index is 3.26. The molecule has 1 heterocycles. The molecule has 0 spiro atoms. The van der Waals surface area contributed by atoms with Gasteiger partial charge in [0.2, 0.25) is 0 Å². The van der Waals surface area contributed by atoms with Gasteiger partial charge >= 0.3 is 18.3 Å². The van der Waals surface area contributed by atoms with Gasteiger partial charge in [-0.1, -0.05) is 15.9 Å². The van der Waals surface area contributed by atoms with Crippen LogP contribution >= 0.6 is 15.9 Å². The predicted molar refractivity (Wildman–Crippen MR) is 150 cm³/mol. The molecule has 1 aliphatic rings. The van der Waals surface area contributed by atoms with Crippen LogP contribution in [0.4, 0.5) is 14.4 Å². The summed E-state index contributed by atoms with van der Waals surface area (Å²) in [7, 11) is 0. The molecule has 1 N–H and O–H groups in total. The van der Waals surface area contributed by atoms with Crippen LogP contribution < -0.4 is 0 Å². The zero-order chi connectivity index (χ0) is 29.3. The van der Waals surface area contributed by atoms with E-state index in [1.165, 1.54) is 4.90 Å². The van der Waals surface area contributed by atoms with Gasteiger partial charge in [-0.2, -0.15) is 0 Å². The zero-order valence-electron chi connectivity index (χ0n) is 24.7. The van der Waals surface area contributed by atoms with Crippen molar-refractivity contribution in [3.63, 3.8) is 0 Å². The Morgan fingerprint density at radius 3 is 1.13 bits per heavy atom. The monoisotopic (exact) mass is 608 g/mol. The van der Waals surface area contributed by atoms with Gasteiger partial charge in [0.15, 0.2) is 0 Å². The third-order valence-electron chi connectivity index (χ3n) is 5.25. The van der Waals surface area contributed by atoms with Crippen molar-refractivity contribution in [1.29, 1.82) is 0 Å². The van der Waals surface area contributed by atoms with Crippen molar-refractivity contribution in [2.75, 3.05) is 64.2 Å². The molecule has 0 aromatic heterocycles. The van der Waals surface area contributed by atoms with Crippen LogP contribution in [0.2, 0.25) is 0 Å². The first kappa shape index (κ1) is 34.2. The number of hydrogen-bond donors (Lipinski definition) is 1. The number of nitrogens with zero attached hydrogens (tertiary/aromatic N) is 4. The van der Waals surface area contributed by atoms with E-state index in [-0.39, 0.29) is 26.2 Å². The minimum Gasteiger partial charge on any atom is -0.444 e. The smallest absolute Gasteiger partial charge is 0.410 e. The van der Waals surface area contributed by atoms with Gasteiger partial charge in [0.1, 0.15) is 16.8 Å². The number of carbonyl (C=O) groups is 3. The number of alkyl halides is 1. The Bertz CT molecular complexity index is 733. The highest BCUT2D eigenvalue weighted by Gasteiger charge is 2.29. The quantitative estimate of drug-likeness (QED) is 0.380. The van der Waals surface area contributed by atoms with Crippen molar-refractivity contribution in [2.24, 2.45) is 0 Å². The molecule has 0 radical (unpaired) electrons. The van der Waals surface area contributed by atoms with E-state index in [0.29, 0.717) is 38.1 Å². The number of aliphatic hydroxyl groups excluding tert-OH is 1. The lowest BCUT2D eigenvalue weighted by molar-refractivity contribution is 0.00364. The van der Waals surface area contributed by atoms with Gasteiger partial charge in [0.25, 0.3) is 0 Å². The van der Waals surface area contributed by atoms with E-state index in [1.807, 2.05) is 4.90 Å². The average Bonchev–Trinajstić information content (AvgIpc) is 2.71. The van der Waals surface area contributed by atoms with E-state index in [2.05, 4.69) is 15.9 Å². The predicted octanol–water partition coefficient (Wildman–Crippen LogP) is 3.77. The molecule has 1 atom stereocenters. The van der Waals surface area contributed by atoms with Crippen molar-refractivity contribution >= 4 is 34.2 Å². The molecule has 11 nitrogen and oxygen atoms in total. The molecule has 1 fully saturated rings. The molecule has 0 aromatic carbocycles. The summed E-state index contributed by atoms with van der Waals surface area (Å²) in [5.41, 5.74) is -2.05. The number of amides is 3. The standard InChI is InChI=1S/C26H49BrN4O7/c1-24(2,3)36-21(33)29-12-10-28(19-20(32)18-27)11-13-30(22(34)37-25(4,5)6)15-17-31(16-14-29)23(35)38-26(7,8)9/h20,32H,10-19H2,1-9H3. The summed E-state index contributed by atoms with van der Waals surface area (Å²) in [6.07, 6.45) is -2.09. The molecule has 0 bridgehead atoms. The number of ether oxygens (including phenoxy) is 3. The minimum atomic E-state index is -0.701. The van der Waals surface area contributed by atoms with Crippen LogP contribution in [0.25, 0.3) is 0 Å². The highest BCUT2D eigenvalue weighted by atomic mass is 79.9. The summed E-state index contributed by atoms with van der Waals surface area (Å²) in [6.45, 7) is 18.9. The van der Waals surface area contributed by atoms with Crippen molar-refractivity contribution in [3.05, 3.63) is 0 Å². The molecule has 1 aliphatic heterocycles. The van der Waals surface area contributed by atoms with Crippen LogP contribution in [0.5, 0.6) is 0 Å². The van der Waals surface area contributed by atoms with E-state index in [0.717, 1.165) is 0 Å². The maximum absolute atomic E-state index is 13.0. The van der Waals surface area contributed by atoms with E-state index >= 15 is 0 Å². The van der Waals surface area contributed by atoms with Gasteiger partial charge < -0.3 is 34.0 Å². The topological polar surface area (TPSA) is 112 Å². The van der Waals surface area contributed by atoms with Gasteiger partial charge in [-0.05, 0) is 62.3 Å². The molecular weight excluding hydrogens is 560 g/mol. The van der Waals surface area contributed by atoms with Gasteiger partial charge in [0.05, 0.1) is 6.10 Å². The van der Waals surface area contributed by atoms with E-state index in [1.54, 1.807) is 72.1 Å². The fourth-order valence-electron chi connectivity index (χ4n) is 3.51. The number of β-amino-alcohol motifs (C(OH)–C–C–N with tert-alkyl or cyclic N) is 1. The zero-order valence-corrected chi connectivity index (χ0v) is 26.3. The van der Waals surface area contributed by atoms with E-state index < -0.39 is 41.2 Å². The summed E-state index contributed by atoms with van der Waals surface area (Å²) in [5, 5.41) is 10.7. The molecule has 3 amide bonds. The molecule has 0 saturated carbocycles. The van der Waals surface area contributed by atoms with Gasteiger partial charge in [-0.15, -0.1) is 0 Å². The number of halogens is 1. The third kappa shape index (κ3) is 14.4. The lowest BCUT2D eigenvalue weighted by Gasteiger charge is -2.36. The SMILES string of the molecule is CC(C)(C)OC(=O)N1CCN(CC(O)CBr)CCN(C(=O)OC(C)(C)C)CCN(C(=O)OC(C)(C)C)CC1. The maximum Gasteiger partial charge on any atom is 0.410 e. The summed E-state index contributed by atoms with van der Waals surface area (Å²) in [6, 6.07) is 0. The largest absolute Gasteiger partial charge is 0.444 e. The third-order valence-corrected chi connectivity index (χ3v) is 6.00. The van der Waals surface area contributed by atoms with Gasteiger partial charge in [-0.3, -0.25) is 4.90 Å². The Morgan fingerprint density at radius 2 is 0.895 bits per heavy atom. The summed E-state index contributed by atoms with van der Waals surface area (Å²) in [4.78, 5) is 45.7. The summed E-state index contributed by atoms with van der Waals surface area (Å²) < 4.78 is 16.8. The highest BCUT2D eigenvalue weighted by molar-refractivity contribution is 9.09. The first-order valence-electron chi connectivity index (χ1n) is 13.2. The Hall–Kier alpha value is -1.79. The number of carbonyl (C=O) groups excluding carboxylic acids is 3. The molecule has 1 unspecified atom stereocenters. The van der Waals surface area contributed by atoms with Crippen molar-refractivity contribution < 1.29 is 33.7 Å². The molecule has 222 valence electrons. The second kappa shape index (κ2) is 14.6. The lowest BCUT2D eigenvalue weighted by atomic mass is 10.2. The van der Waals surface area contributed by atoms with Crippen LogP contribution in [-0.4, -0.2) is 130 Å². The van der Waals surface area contributed by atoms with Crippen LogP contribution in [0.15, 0.2) is 0 Å². The van der Waals surface area contributed by atoms with Gasteiger partial charge in [-0.25, -0.2) is 14.4 Å². The fraction of sp³-hybridized carbons (Fsp3) is 0.885. The summed E-state index contributed by atoms with van der Waals surface area (Å²) >= 11 is 3.31. The number of aliphatic hydroxyl groups is 1.